The summed E-state index contributed by atoms with van der Waals surface area (Å²) in [6.45, 7) is 3.82. The Labute approximate surface area is 89.1 Å². The lowest BCUT2D eigenvalue weighted by molar-refractivity contribution is 0.0789. The Kier molecular flexibility index (Phi) is 2.58. The van der Waals surface area contributed by atoms with E-state index in [0.29, 0.717) is 17.2 Å². The SMILES string of the molecule is CC1CCN(C(=O)c2ccncc2N)C1. The van der Waals surface area contributed by atoms with Gasteiger partial charge in [0.1, 0.15) is 0 Å². The minimum atomic E-state index is 0.0271. The molecule has 1 unspecified atom stereocenters. The van der Waals surface area contributed by atoms with Crippen molar-refractivity contribution in [2.75, 3.05) is 18.8 Å². The number of likely N-dealkylation sites (tertiary alicyclic amines) is 1. The predicted octanol–water partition coefficient (Wildman–Crippen LogP) is 1.15. The van der Waals surface area contributed by atoms with Crippen molar-refractivity contribution >= 4 is 11.6 Å². The van der Waals surface area contributed by atoms with Crippen LogP contribution in [0.5, 0.6) is 0 Å². The van der Waals surface area contributed by atoms with Crippen LogP contribution in [0.4, 0.5) is 5.69 Å². The number of nitrogen functional groups attached to an aromatic ring is 1. The number of amides is 1. The van der Waals surface area contributed by atoms with Gasteiger partial charge in [-0.2, -0.15) is 0 Å². The lowest BCUT2D eigenvalue weighted by Gasteiger charge is -2.16. The molecular formula is C11H15N3O. The van der Waals surface area contributed by atoms with Crippen molar-refractivity contribution in [2.45, 2.75) is 13.3 Å². The Morgan fingerprint density at radius 3 is 3.07 bits per heavy atom. The second kappa shape index (κ2) is 3.88. The molecule has 0 aromatic carbocycles. The van der Waals surface area contributed by atoms with E-state index < -0.39 is 0 Å². The first-order valence-electron chi connectivity index (χ1n) is 5.17. The standard InChI is InChI=1S/C11H15N3O/c1-8-3-5-14(7-8)11(15)9-2-4-13-6-10(9)12/h2,4,6,8H,3,5,7,12H2,1H3. The third kappa shape index (κ3) is 1.93. The Balaban J connectivity index is 2.18. The van der Waals surface area contributed by atoms with Crippen molar-refractivity contribution in [3.63, 3.8) is 0 Å². The summed E-state index contributed by atoms with van der Waals surface area (Å²) < 4.78 is 0. The molecule has 0 bridgehead atoms. The molecule has 4 heteroatoms. The Morgan fingerprint density at radius 1 is 1.67 bits per heavy atom. The van der Waals surface area contributed by atoms with Gasteiger partial charge in [0.25, 0.3) is 5.91 Å². The molecule has 1 atom stereocenters. The average Bonchev–Trinajstić information content (AvgIpc) is 2.65. The van der Waals surface area contributed by atoms with E-state index >= 15 is 0 Å². The van der Waals surface area contributed by atoms with Gasteiger partial charge in [-0.05, 0) is 18.4 Å². The van der Waals surface area contributed by atoms with Gasteiger partial charge in [-0.1, -0.05) is 6.92 Å². The van der Waals surface area contributed by atoms with E-state index in [9.17, 15) is 4.79 Å². The summed E-state index contributed by atoms with van der Waals surface area (Å²) in [6.07, 6.45) is 4.20. The second-order valence-corrected chi connectivity index (χ2v) is 4.11. The normalized spacial score (nSPS) is 20.6. The van der Waals surface area contributed by atoms with Crippen LogP contribution in [0.2, 0.25) is 0 Å². The lowest BCUT2D eigenvalue weighted by Crippen LogP contribution is -2.29. The smallest absolute Gasteiger partial charge is 0.256 e. The molecule has 1 fully saturated rings. The molecule has 15 heavy (non-hydrogen) atoms. The average molecular weight is 205 g/mol. The maximum Gasteiger partial charge on any atom is 0.256 e. The number of nitrogens with zero attached hydrogens (tertiary/aromatic N) is 2. The summed E-state index contributed by atoms with van der Waals surface area (Å²) >= 11 is 0. The van der Waals surface area contributed by atoms with Crippen LogP contribution in [0.15, 0.2) is 18.5 Å². The Hall–Kier alpha value is -1.58. The van der Waals surface area contributed by atoms with Crippen LogP contribution in [0.25, 0.3) is 0 Å². The molecule has 1 saturated heterocycles. The third-order valence-electron chi connectivity index (χ3n) is 2.79. The highest BCUT2D eigenvalue weighted by molar-refractivity contribution is 5.98. The van der Waals surface area contributed by atoms with E-state index in [1.54, 1.807) is 12.3 Å². The van der Waals surface area contributed by atoms with Gasteiger partial charge >= 0.3 is 0 Å². The van der Waals surface area contributed by atoms with Crippen molar-refractivity contribution in [3.8, 4) is 0 Å². The fourth-order valence-electron chi connectivity index (χ4n) is 1.89. The zero-order valence-corrected chi connectivity index (χ0v) is 8.81. The predicted molar refractivity (Wildman–Crippen MR) is 58.3 cm³/mol. The number of carbonyl (C=O) groups is 1. The minimum Gasteiger partial charge on any atom is -0.397 e. The molecule has 1 amide bonds. The van der Waals surface area contributed by atoms with E-state index in [4.69, 9.17) is 5.73 Å². The molecule has 1 aromatic heterocycles. The summed E-state index contributed by atoms with van der Waals surface area (Å²) in [4.78, 5) is 17.8. The number of aromatic nitrogens is 1. The summed E-state index contributed by atoms with van der Waals surface area (Å²) in [5.41, 5.74) is 6.74. The van der Waals surface area contributed by atoms with Crippen LogP contribution in [0.1, 0.15) is 23.7 Å². The topological polar surface area (TPSA) is 59.2 Å². The van der Waals surface area contributed by atoms with E-state index in [1.165, 1.54) is 6.20 Å². The van der Waals surface area contributed by atoms with E-state index in [-0.39, 0.29) is 5.91 Å². The van der Waals surface area contributed by atoms with Gasteiger partial charge in [0, 0.05) is 19.3 Å². The number of carbonyl (C=O) groups excluding carboxylic acids is 1. The minimum absolute atomic E-state index is 0.0271. The molecule has 2 N–H and O–H groups in total. The van der Waals surface area contributed by atoms with E-state index in [1.807, 2.05) is 4.90 Å². The zero-order chi connectivity index (χ0) is 10.8. The number of hydrogen-bond acceptors (Lipinski definition) is 3. The third-order valence-corrected chi connectivity index (χ3v) is 2.79. The molecule has 0 aliphatic carbocycles. The molecule has 0 saturated carbocycles. The van der Waals surface area contributed by atoms with Gasteiger partial charge < -0.3 is 10.6 Å². The number of hydrogen-bond donors (Lipinski definition) is 1. The molecule has 0 radical (unpaired) electrons. The van der Waals surface area contributed by atoms with E-state index in [2.05, 4.69) is 11.9 Å². The van der Waals surface area contributed by atoms with Crippen LogP contribution in [-0.2, 0) is 0 Å². The first-order chi connectivity index (χ1) is 7.18. The van der Waals surface area contributed by atoms with Crippen LogP contribution >= 0.6 is 0 Å². The maximum atomic E-state index is 12.0. The van der Waals surface area contributed by atoms with Gasteiger partial charge in [-0.15, -0.1) is 0 Å². The molecular weight excluding hydrogens is 190 g/mol. The highest BCUT2D eigenvalue weighted by atomic mass is 16.2. The van der Waals surface area contributed by atoms with Crippen molar-refractivity contribution in [1.29, 1.82) is 0 Å². The molecule has 80 valence electrons. The first-order valence-corrected chi connectivity index (χ1v) is 5.17. The summed E-state index contributed by atoms with van der Waals surface area (Å²) in [5.74, 6) is 0.622. The molecule has 2 heterocycles. The summed E-state index contributed by atoms with van der Waals surface area (Å²) in [7, 11) is 0. The summed E-state index contributed by atoms with van der Waals surface area (Å²) in [6, 6.07) is 1.68. The van der Waals surface area contributed by atoms with E-state index in [0.717, 1.165) is 19.5 Å². The number of rotatable bonds is 1. The monoisotopic (exact) mass is 205 g/mol. The van der Waals surface area contributed by atoms with Crippen LogP contribution < -0.4 is 5.73 Å². The molecule has 2 rings (SSSR count). The van der Waals surface area contributed by atoms with Crippen molar-refractivity contribution in [2.24, 2.45) is 5.92 Å². The largest absolute Gasteiger partial charge is 0.397 e. The van der Waals surface area contributed by atoms with Crippen molar-refractivity contribution in [1.82, 2.24) is 9.88 Å². The molecule has 1 aromatic rings. The van der Waals surface area contributed by atoms with Gasteiger partial charge in [0.05, 0.1) is 17.4 Å². The molecule has 0 spiro atoms. The number of nitrogens with two attached hydrogens (primary N) is 1. The fraction of sp³-hybridized carbons (Fsp3) is 0.455. The lowest BCUT2D eigenvalue weighted by atomic mass is 10.2. The molecule has 1 aliphatic heterocycles. The second-order valence-electron chi connectivity index (χ2n) is 4.11. The van der Waals surface area contributed by atoms with Gasteiger partial charge in [-0.3, -0.25) is 9.78 Å². The van der Waals surface area contributed by atoms with Crippen molar-refractivity contribution < 1.29 is 4.79 Å². The fourth-order valence-corrected chi connectivity index (χ4v) is 1.89. The van der Waals surface area contributed by atoms with Crippen LogP contribution in [0.3, 0.4) is 0 Å². The van der Waals surface area contributed by atoms with Crippen molar-refractivity contribution in [3.05, 3.63) is 24.0 Å². The highest BCUT2D eigenvalue weighted by Crippen LogP contribution is 2.19. The number of pyridine rings is 1. The van der Waals surface area contributed by atoms with Gasteiger partial charge in [-0.25, -0.2) is 0 Å². The van der Waals surface area contributed by atoms with Gasteiger partial charge in [0.15, 0.2) is 0 Å². The molecule has 4 nitrogen and oxygen atoms in total. The zero-order valence-electron chi connectivity index (χ0n) is 8.81. The Morgan fingerprint density at radius 2 is 2.47 bits per heavy atom. The van der Waals surface area contributed by atoms with Crippen LogP contribution in [0, 0.1) is 5.92 Å². The Bertz CT molecular complexity index is 378. The first kappa shape index (κ1) is 9.96. The van der Waals surface area contributed by atoms with Gasteiger partial charge in [0.2, 0.25) is 0 Å². The summed E-state index contributed by atoms with van der Waals surface area (Å²) in [5, 5.41) is 0. The maximum absolute atomic E-state index is 12.0. The highest BCUT2D eigenvalue weighted by Gasteiger charge is 2.25. The quantitative estimate of drug-likeness (QED) is 0.748. The van der Waals surface area contributed by atoms with Crippen LogP contribution in [-0.4, -0.2) is 28.9 Å². The molecule has 1 aliphatic rings. The number of anilines is 1.